The predicted octanol–water partition coefficient (Wildman–Crippen LogP) is 3.16. The van der Waals surface area contributed by atoms with Crippen molar-refractivity contribution in [2.24, 2.45) is 5.92 Å². The second-order valence-corrected chi connectivity index (χ2v) is 3.91. The number of allylic oxidation sites excluding steroid dienone is 1. The summed E-state index contributed by atoms with van der Waals surface area (Å²) in [6.07, 6.45) is 6.27. The van der Waals surface area contributed by atoms with Crippen LogP contribution in [0.3, 0.4) is 0 Å². The van der Waals surface area contributed by atoms with Gasteiger partial charge in [0.1, 0.15) is 0 Å². The van der Waals surface area contributed by atoms with Gasteiger partial charge in [-0.2, -0.15) is 0 Å². The number of hydrogen-bond donors (Lipinski definition) is 0. The molecule has 0 N–H and O–H groups in total. The standard InChI is InChI=1S/C11H20O/c1-4-9(2)7-11-8-10(3)5-6-12-11/h7,10-11H,4-6,8H2,1-3H3/b9-7-/t10-,11?/m1/s1. The van der Waals surface area contributed by atoms with Crippen LogP contribution < -0.4 is 0 Å². The normalized spacial score (nSPS) is 32.1. The van der Waals surface area contributed by atoms with Crippen LogP contribution in [0.2, 0.25) is 0 Å². The molecule has 1 nitrogen and oxygen atoms in total. The average Bonchev–Trinajstić information content (AvgIpc) is 2.04. The summed E-state index contributed by atoms with van der Waals surface area (Å²) in [6, 6.07) is 0. The molecule has 1 heteroatoms. The lowest BCUT2D eigenvalue weighted by molar-refractivity contribution is 0.0234. The zero-order valence-corrected chi connectivity index (χ0v) is 8.47. The summed E-state index contributed by atoms with van der Waals surface area (Å²) in [7, 11) is 0. The molecule has 0 aromatic heterocycles. The van der Waals surface area contributed by atoms with Gasteiger partial charge >= 0.3 is 0 Å². The molecule has 1 aliphatic rings. The first-order valence-corrected chi connectivity index (χ1v) is 5.01. The van der Waals surface area contributed by atoms with Gasteiger partial charge in [0.15, 0.2) is 0 Å². The molecule has 0 amide bonds. The van der Waals surface area contributed by atoms with Gasteiger partial charge in [-0.1, -0.05) is 25.5 Å². The Balaban J connectivity index is 2.41. The quantitative estimate of drug-likeness (QED) is 0.575. The van der Waals surface area contributed by atoms with Crippen LogP contribution in [0.5, 0.6) is 0 Å². The van der Waals surface area contributed by atoms with E-state index in [1.165, 1.54) is 18.4 Å². The summed E-state index contributed by atoms with van der Waals surface area (Å²) < 4.78 is 5.64. The van der Waals surface area contributed by atoms with Gasteiger partial charge in [0.25, 0.3) is 0 Å². The van der Waals surface area contributed by atoms with E-state index in [0.717, 1.165) is 18.9 Å². The third-order valence-corrected chi connectivity index (χ3v) is 2.61. The fraction of sp³-hybridized carbons (Fsp3) is 0.818. The van der Waals surface area contributed by atoms with Crippen molar-refractivity contribution in [1.29, 1.82) is 0 Å². The monoisotopic (exact) mass is 168 g/mol. The molecule has 70 valence electrons. The SMILES string of the molecule is CC/C(C)=C\C1C[C@H](C)CCO1. The summed E-state index contributed by atoms with van der Waals surface area (Å²) in [5.74, 6) is 0.838. The van der Waals surface area contributed by atoms with E-state index in [-0.39, 0.29) is 0 Å². The Morgan fingerprint density at radius 1 is 1.58 bits per heavy atom. The average molecular weight is 168 g/mol. The minimum absolute atomic E-state index is 0.397. The van der Waals surface area contributed by atoms with Gasteiger partial charge in [0.2, 0.25) is 0 Å². The Morgan fingerprint density at radius 2 is 2.33 bits per heavy atom. The highest BCUT2D eigenvalue weighted by Gasteiger charge is 2.16. The van der Waals surface area contributed by atoms with Crippen LogP contribution in [-0.4, -0.2) is 12.7 Å². The molecule has 0 aromatic rings. The smallest absolute Gasteiger partial charge is 0.0760 e. The molecule has 2 atom stereocenters. The summed E-state index contributed by atoms with van der Waals surface area (Å²) in [4.78, 5) is 0. The van der Waals surface area contributed by atoms with Crippen LogP contribution in [0.1, 0.15) is 40.0 Å². The minimum atomic E-state index is 0.397. The lowest BCUT2D eigenvalue weighted by Gasteiger charge is -2.25. The van der Waals surface area contributed by atoms with Crippen LogP contribution in [0.4, 0.5) is 0 Å². The predicted molar refractivity (Wildman–Crippen MR) is 52.2 cm³/mol. The molecule has 0 spiro atoms. The van der Waals surface area contributed by atoms with Crippen LogP contribution in [-0.2, 0) is 4.74 Å². The molecule has 1 fully saturated rings. The molecule has 1 heterocycles. The molecule has 1 aliphatic heterocycles. The Hall–Kier alpha value is -0.300. The maximum atomic E-state index is 5.64. The lowest BCUT2D eigenvalue weighted by atomic mass is 9.96. The summed E-state index contributed by atoms with van der Waals surface area (Å²) in [5, 5.41) is 0. The first kappa shape index (κ1) is 9.79. The van der Waals surface area contributed by atoms with Crippen molar-refractivity contribution < 1.29 is 4.74 Å². The van der Waals surface area contributed by atoms with Gasteiger partial charge in [-0.05, 0) is 32.1 Å². The fourth-order valence-electron chi connectivity index (χ4n) is 1.55. The van der Waals surface area contributed by atoms with E-state index in [1.54, 1.807) is 0 Å². The van der Waals surface area contributed by atoms with Gasteiger partial charge in [-0.3, -0.25) is 0 Å². The summed E-state index contributed by atoms with van der Waals surface area (Å²) in [5.41, 5.74) is 1.45. The van der Waals surface area contributed by atoms with Crippen molar-refractivity contribution in [3.8, 4) is 0 Å². The topological polar surface area (TPSA) is 9.23 Å². The van der Waals surface area contributed by atoms with E-state index in [4.69, 9.17) is 4.74 Å². The van der Waals surface area contributed by atoms with E-state index in [2.05, 4.69) is 26.8 Å². The molecule has 1 unspecified atom stereocenters. The molecule has 0 bridgehead atoms. The third-order valence-electron chi connectivity index (χ3n) is 2.61. The van der Waals surface area contributed by atoms with Crippen molar-refractivity contribution in [2.45, 2.75) is 46.1 Å². The van der Waals surface area contributed by atoms with Crippen molar-refractivity contribution in [2.75, 3.05) is 6.61 Å². The van der Waals surface area contributed by atoms with Crippen LogP contribution >= 0.6 is 0 Å². The molecule has 1 saturated heterocycles. The Kier molecular flexibility index (Phi) is 3.80. The van der Waals surface area contributed by atoms with Gasteiger partial charge in [0, 0.05) is 6.61 Å². The van der Waals surface area contributed by atoms with Gasteiger partial charge in [-0.25, -0.2) is 0 Å². The zero-order chi connectivity index (χ0) is 8.97. The first-order chi connectivity index (χ1) is 5.72. The van der Waals surface area contributed by atoms with E-state index in [0.29, 0.717) is 6.10 Å². The fourth-order valence-corrected chi connectivity index (χ4v) is 1.55. The Morgan fingerprint density at radius 3 is 2.92 bits per heavy atom. The zero-order valence-electron chi connectivity index (χ0n) is 8.47. The van der Waals surface area contributed by atoms with Gasteiger partial charge in [-0.15, -0.1) is 0 Å². The number of ether oxygens (including phenoxy) is 1. The van der Waals surface area contributed by atoms with E-state index >= 15 is 0 Å². The maximum Gasteiger partial charge on any atom is 0.0760 e. The van der Waals surface area contributed by atoms with E-state index in [9.17, 15) is 0 Å². The molecular formula is C11H20O. The van der Waals surface area contributed by atoms with Crippen LogP contribution in [0, 0.1) is 5.92 Å². The summed E-state index contributed by atoms with van der Waals surface area (Å²) in [6.45, 7) is 7.63. The highest BCUT2D eigenvalue weighted by Crippen LogP contribution is 2.21. The van der Waals surface area contributed by atoms with Crippen LogP contribution in [0.15, 0.2) is 11.6 Å². The molecule has 0 saturated carbocycles. The van der Waals surface area contributed by atoms with E-state index in [1.807, 2.05) is 0 Å². The van der Waals surface area contributed by atoms with Crippen molar-refractivity contribution in [3.63, 3.8) is 0 Å². The molecule has 1 rings (SSSR count). The minimum Gasteiger partial charge on any atom is -0.374 e. The second-order valence-electron chi connectivity index (χ2n) is 3.91. The van der Waals surface area contributed by atoms with Gasteiger partial charge in [0.05, 0.1) is 6.10 Å². The molecule has 0 radical (unpaired) electrons. The second kappa shape index (κ2) is 4.66. The highest BCUT2D eigenvalue weighted by molar-refractivity contribution is 5.02. The van der Waals surface area contributed by atoms with Gasteiger partial charge < -0.3 is 4.74 Å². The van der Waals surface area contributed by atoms with Crippen molar-refractivity contribution >= 4 is 0 Å². The largest absolute Gasteiger partial charge is 0.374 e. The maximum absolute atomic E-state index is 5.64. The highest BCUT2D eigenvalue weighted by atomic mass is 16.5. The summed E-state index contributed by atoms with van der Waals surface area (Å²) >= 11 is 0. The number of hydrogen-bond acceptors (Lipinski definition) is 1. The Bertz CT molecular complexity index is 160. The lowest BCUT2D eigenvalue weighted by Crippen LogP contribution is -2.22. The molecular weight excluding hydrogens is 148 g/mol. The molecule has 0 aliphatic carbocycles. The number of rotatable bonds is 2. The van der Waals surface area contributed by atoms with Crippen molar-refractivity contribution in [1.82, 2.24) is 0 Å². The molecule has 0 aromatic carbocycles. The van der Waals surface area contributed by atoms with E-state index < -0.39 is 0 Å². The van der Waals surface area contributed by atoms with Crippen molar-refractivity contribution in [3.05, 3.63) is 11.6 Å². The molecule has 12 heavy (non-hydrogen) atoms. The van der Waals surface area contributed by atoms with Crippen LogP contribution in [0.25, 0.3) is 0 Å². The Labute approximate surface area is 75.8 Å². The third kappa shape index (κ3) is 2.98. The first-order valence-electron chi connectivity index (χ1n) is 5.01.